The molecule has 0 radical (unpaired) electrons. The zero-order valence-electron chi connectivity index (χ0n) is 14.5. The van der Waals surface area contributed by atoms with Crippen molar-refractivity contribution in [2.75, 3.05) is 11.4 Å². The van der Waals surface area contributed by atoms with Gasteiger partial charge in [0.25, 0.3) is 0 Å². The lowest BCUT2D eigenvalue weighted by molar-refractivity contribution is -0.127. The molecule has 3 aromatic rings. The molecule has 0 N–H and O–H groups in total. The first-order valence-electron chi connectivity index (χ1n) is 8.51. The normalized spacial score (nSPS) is 14.5. The number of anilines is 1. The molecular formula is C19H16ClF3N4. The van der Waals surface area contributed by atoms with Crippen LogP contribution in [0.15, 0.2) is 30.5 Å². The van der Waals surface area contributed by atoms with Crippen molar-refractivity contribution in [1.82, 2.24) is 15.0 Å². The Morgan fingerprint density at radius 1 is 1.19 bits per heavy atom. The summed E-state index contributed by atoms with van der Waals surface area (Å²) in [6.07, 6.45) is -3.25. The van der Waals surface area contributed by atoms with Crippen molar-refractivity contribution in [2.45, 2.75) is 32.5 Å². The minimum atomic E-state index is -4.25. The van der Waals surface area contributed by atoms with Crippen molar-refractivity contribution in [2.24, 2.45) is 0 Å². The Morgan fingerprint density at radius 3 is 2.78 bits per heavy atom. The van der Waals surface area contributed by atoms with E-state index in [2.05, 4.69) is 19.9 Å². The van der Waals surface area contributed by atoms with Crippen LogP contribution in [0.2, 0.25) is 5.02 Å². The van der Waals surface area contributed by atoms with Crippen LogP contribution in [0.1, 0.15) is 22.6 Å². The number of halogens is 4. The standard InChI is InChI=1S/C19H16ClF3N4/c1-11-25-17-3-2-14(20)7-15(17)18(26-11)27-5-4-16-13(10-27)6-12(9-24-16)8-19(21,22)23/h2-3,6-7,9H,4-5,8,10H2,1H3. The van der Waals surface area contributed by atoms with Crippen LogP contribution < -0.4 is 4.90 Å². The van der Waals surface area contributed by atoms with Crippen molar-refractivity contribution >= 4 is 28.3 Å². The van der Waals surface area contributed by atoms with Crippen LogP contribution >= 0.6 is 11.6 Å². The van der Waals surface area contributed by atoms with Gasteiger partial charge >= 0.3 is 6.18 Å². The van der Waals surface area contributed by atoms with Crippen molar-refractivity contribution in [3.05, 3.63) is 58.1 Å². The van der Waals surface area contributed by atoms with E-state index in [1.165, 1.54) is 6.20 Å². The van der Waals surface area contributed by atoms with E-state index in [0.717, 1.165) is 28.0 Å². The van der Waals surface area contributed by atoms with Crippen LogP contribution in [0, 0.1) is 6.92 Å². The highest BCUT2D eigenvalue weighted by molar-refractivity contribution is 6.31. The maximum Gasteiger partial charge on any atom is 0.393 e. The first-order chi connectivity index (χ1) is 12.8. The zero-order valence-corrected chi connectivity index (χ0v) is 15.3. The van der Waals surface area contributed by atoms with Crippen LogP contribution in [0.3, 0.4) is 0 Å². The Labute approximate surface area is 159 Å². The van der Waals surface area contributed by atoms with Crippen molar-refractivity contribution in [3.63, 3.8) is 0 Å². The molecule has 0 spiro atoms. The van der Waals surface area contributed by atoms with E-state index in [1.54, 1.807) is 12.1 Å². The second kappa shape index (κ2) is 6.64. The van der Waals surface area contributed by atoms with E-state index in [4.69, 9.17) is 11.6 Å². The van der Waals surface area contributed by atoms with Crippen LogP contribution in [0.4, 0.5) is 19.0 Å². The highest BCUT2D eigenvalue weighted by Gasteiger charge is 2.29. The van der Waals surface area contributed by atoms with Crippen molar-refractivity contribution in [1.29, 1.82) is 0 Å². The molecule has 1 aromatic carbocycles. The van der Waals surface area contributed by atoms with Crippen LogP contribution in [0.5, 0.6) is 0 Å². The van der Waals surface area contributed by atoms with Crippen LogP contribution in [-0.4, -0.2) is 27.7 Å². The molecule has 0 bridgehead atoms. The minimum Gasteiger partial charge on any atom is -0.351 e. The summed E-state index contributed by atoms with van der Waals surface area (Å²) >= 11 is 6.14. The van der Waals surface area contributed by atoms with E-state index < -0.39 is 12.6 Å². The Morgan fingerprint density at radius 2 is 2.00 bits per heavy atom. The fourth-order valence-corrected chi connectivity index (χ4v) is 3.60. The maximum absolute atomic E-state index is 12.7. The molecule has 0 unspecified atom stereocenters. The third-order valence-electron chi connectivity index (χ3n) is 4.55. The predicted molar refractivity (Wildman–Crippen MR) is 98.0 cm³/mol. The number of rotatable bonds is 2. The smallest absolute Gasteiger partial charge is 0.351 e. The molecule has 2 aromatic heterocycles. The minimum absolute atomic E-state index is 0.176. The molecule has 0 fully saturated rings. The topological polar surface area (TPSA) is 41.9 Å². The molecule has 140 valence electrons. The Bertz CT molecular complexity index is 1020. The van der Waals surface area contributed by atoms with Gasteiger partial charge in [0.2, 0.25) is 0 Å². The molecule has 3 heterocycles. The average molecular weight is 393 g/mol. The van der Waals surface area contributed by atoms with E-state index >= 15 is 0 Å². The summed E-state index contributed by atoms with van der Waals surface area (Å²) in [5.41, 5.74) is 2.60. The van der Waals surface area contributed by atoms with Crippen molar-refractivity contribution < 1.29 is 13.2 Å². The van der Waals surface area contributed by atoms with Gasteiger partial charge in [0.1, 0.15) is 11.6 Å². The SMILES string of the molecule is Cc1nc(N2CCc3ncc(CC(F)(F)F)cc3C2)c2cc(Cl)ccc2n1. The third kappa shape index (κ3) is 3.83. The molecule has 27 heavy (non-hydrogen) atoms. The Balaban J connectivity index is 1.71. The molecule has 1 aliphatic rings. The summed E-state index contributed by atoms with van der Waals surface area (Å²) in [5.74, 6) is 1.38. The number of hydrogen-bond donors (Lipinski definition) is 0. The summed E-state index contributed by atoms with van der Waals surface area (Å²) in [4.78, 5) is 15.3. The Kier molecular flexibility index (Phi) is 4.42. The van der Waals surface area contributed by atoms with Gasteiger partial charge in [-0.2, -0.15) is 13.2 Å². The van der Waals surface area contributed by atoms with Gasteiger partial charge in [0.05, 0.1) is 11.9 Å². The van der Waals surface area contributed by atoms with E-state index in [9.17, 15) is 13.2 Å². The zero-order chi connectivity index (χ0) is 19.2. The van der Waals surface area contributed by atoms with Gasteiger partial charge in [-0.1, -0.05) is 17.7 Å². The van der Waals surface area contributed by atoms with Crippen LogP contribution in [0.25, 0.3) is 10.9 Å². The largest absolute Gasteiger partial charge is 0.393 e. The summed E-state index contributed by atoms with van der Waals surface area (Å²) in [6.45, 7) is 2.95. The second-order valence-corrected chi connectivity index (χ2v) is 7.11. The third-order valence-corrected chi connectivity index (χ3v) is 4.78. The molecule has 1 aliphatic heterocycles. The lowest BCUT2D eigenvalue weighted by atomic mass is 10.0. The molecule has 0 aliphatic carbocycles. The van der Waals surface area contributed by atoms with E-state index in [-0.39, 0.29) is 5.56 Å². The lowest BCUT2D eigenvalue weighted by Gasteiger charge is -2.30. The number of pyridine rings is 1. The van der Waals surface area contributed by atoms with Gasteiger partial charge in [-0.25, -0.2) is 9.97 Å². The van der Waals surface area contributed by atoms with Gasteiger partial charge in [0, 0.05) is 41.8 Å². The molecule has 8 heteroatoms. The summed E-state index contributed by atoms with van der Waals surface area (Å²) < 4.78 is 38.1. The fraction of sp³-hybridized carbons (Fsp3) is 0.316. The average Bonchev–Trinajstić information content (AvgIpc) is 2.59. The van der Waals surface area contributed by atoms with Gasteiger partial charge in [0.15, 0.2) is 0 Å². The van der Waals surface area contributed by atoms with Gasteiger partial charge in [-0.3, -0.25) is 4.98 Å². The molecule has 0 saturated heterocycles. The first kappa shape index (κ1) is 18.0. The summed E-state index contributed by atoms with van der Waals surface area (Å²) in [7, 11) is 0. The van der Waals surface area contributed by atoms with Crippen molar-refractivity contribution in [3.8, 4) is 0 Å². The van der Waals surface area contributed by atoms with Crippen LogP contribution in [-0.2, 0) is 19.4 Å². The number of nitrogens with zero attached hydrogens (tertiary/aromatic N) is 4. The molecule has 4 nitrogen and oxygen atoms in total. The molecule has 0 amide bonds. The highest BCUT2D eigenvalue weighted by atomic mass is 35.5. The number of hydrogen-bond acceptors (Lipinski definition) is 4. The second-order valence-electron chi connectivity index (χ2n) is 6.67. The predicted octanol–water partition coefficient (Wildman–Crippen LogP) is 4.65. The molecule has 0 saturated carbocycles. The first-order valence-corrected chi connectivity index (χ1v) is 8.88. The number of fused-ring (bicyclic) bond motifs is 2. The van der Waals surface area contributed by atoms with E-state index in [0.29, 0.717) is 30.4 Å². The maximum atomic E-state index is 12.7. The summed E-state index contributed by atoms with van der Waals surface area (Å²) in [5, 5.41) is 1.42. The number of aryl methyl sites for hydroxylation is 1. The fourth-order valence-electron chi connectivity index (χ4n) is 3.42. The van der Waals surface area contributed by atoms with Gasteiger partial charge < -0.3 is 4.90 Å². The molecule has 0 atom stereocenters. The monoisotopic (exact) mass is 392 g/mol. The van der Waals surface area contributed by atoms with Gasteiger partial charge in [-0.15, -0.1) is 0 Å². The number of alkyl halides is 3. The van der Waals surface area contributed by atoms with E-state index in [1.807, 2.05) is 19.1 Å². The van der Waals surface area contributed by atoms with Gasteiger partial charge in [-0.05, 0) is 36.2 Å². The quantitative estimate of drug-likeness (QED) is 0.636. The highest BCUT2D eigenvalue weighted by Crippen LogP contribution is 2.31. The molecular weight excluding hydrogens is 377 g/mol. The Hall–Kier alpha value is -2.41. The summed E-state index contributed by atoms with van der Waals surface area (Å²) in [6, 6.07) is 7.04. The molecule has 4 rings (SSSR count). The number of benzene rings is 1. The lowest BCUT2D eigenvalue weighted by Crippen LogP contribution is -2.32. The number of aromatic nitrogens is 3.